The number of nitrogens with zero attached hydrogens (tertiary/aromatic N) is 2. The highest BCUT2D eigenvalue weighted by atomic mass is 16.6. The fourth-order valence-electron chi connectivity index (χ4n) is 6.88. The largest absolute Gasteiger partial charge is 0.465 e. The molecule has 0 bridgehead atoms. The predicted molar refractivity (Wildman–Crippen MR) is 142 cm³/mol. The maximum Gasteiger partial charge on any atom is 0.313 e. The number of para-hydroxylation sites is 1. The second-order valence-electron chi connectivity index (χ2n) is 11.1. The van der Waals surface area contributed by atoms with E-state index >= 15 is 0 Å². The molecule has 2 amide bonds. The fraction of sp³-hybridized carbons (Fsp3) is 0.567. The second-order valence-corrected chi connectivity index (χ2v) is 11.1. The molecule has 0 radical (unpaired) electrons. The van der Waals surface area contributed by atoms with Gasteiger partial charge in [-0.2, -0.15) is 0 Å². The molecule has 0 aromatic heterocycles. The number of carbonyl (C=O) groups is 3. The first-order valence-corrected chi connectivity index (χ1v) is 13.8. The number of likely N-dealkylation sites (tertiary alicyclic amines) is 1. The molecule has 204 valence electrons. The van der Waals surface area contributed by atoms with Crippen molar-refractivity contribution in [3.05, 3.63) is 53.6 Å². The average molecular weight is 523 g/mol. The lowest BCUT2D eigenvalue weighted by Crippen LogP contribution is -2.56. The molecule has 2 fully saturated rings. The van der Waals surface area contributed by atoms with E-state index < -0.39 is 35.0 Å². The monoisotopic (exact) mass is 522 g/mol. The SMILES string of the molecule is Cc1cccc(C)c1N1CC=C[C@]23O[C@@]4(C)/C=C\CCCOC(=O)[C@H]4[C@H]2C(=O)N(CCCCCO)C3C1=O. The van der Waals surface area contributed by atoms with Crippen LogP contribution in [0, 0.1) is 25.7 Å². The third-order valence-corrected chi connectivity index (χ3v) is 8.52. The summed E-state index contributed by atoms with van der Waals surface area (Å²) in [6.07, 6.45) is 11.1. The van der Waals surface area contributed by atoms with Crippen molar-refractivity contribution in [2.45, 2.75) is 70.1 Å². The van der Waals surface area contributed by atoms with Crippen LogP contribution in [0.5, 0.6) is 0 Å². The topological polar surface area (TPSA) is 96.4 Å². The van der Waals surface area contributed by atoms with E-state index in [2.05, 4.69) is 0 Å². The molecular formula is C30H38N2O6. The Labute approximate surface area is 224 Å². The van der Waals surface area contributed by atoms with E-state index in [0.29, 0.717) is 32.4 Å². The Balaban J connectivity index is 1.62. The molecule has 38 heavy (non-hydrogen) atoms. The normalized spacial score (nSPS) is 33.6. The van der Waals surface area contributed by atoms with Crippen LogP contribution in [-0.4, -0.2) is 71.3 Å². The van der Waals surface area contributed by atoms with Crippen LogP contribution in [0.1, 0.15) is 50.2 Å². The summed E-state index contributed by atoms with van der Waals surface area (Å²) >= 11 is 0. The van der Waals surface area contributed by atoms with Crippen molar-refractivity contribution in [1.82, 2.24) is 4.90 Å². The number of cyclic esters (lactones) is 1. The first-order valence-electron chi connectivity index (χ1n) is 13.8. The van der Waals surface area contributed by atoms with Crippen molar-refractivity contribution < 1.29 is 29.0 Å². The Bertz CT molecular complexity index is 1160. The van der Waals surface area contributed by atoms with Gasteiger partial charge in [0.05, 0.1) is 18.1 Å². The third kappa shape index (κ3) is 4.18. The van der Waals surface area contributed by atoms with E-state index in [4.69, 9.17) is 9.47 Å². The van der Waals surface area contributed by atoms with Crippen LogP contribution in [0.2, 0.25) is 0 Å². The minimum Gasteiger partial charge on any atom is -0.465 e. The molecular weight excluding hydrogens is 484 g/mol. The minimum atomic E-state index is -1.29. The van der Waals surface area contributed by atoms with Gasteiger partial charge in [-0.25, -0.2) is 0 Å². The van der Waals surface area contributed by atoms with E-state index in [9.17, 15) is 19.5 Å². The first kappa shape index (κ1) is 26.6. The average Bonchev–Trinajstić information content (AvgIpc) is 3.22. The number of aliphatic hydroxyl groups excluding tert-OH is 1. The second kappa shape index (κ2) is 10.3. The van der Waals surface area contributed by atoms with Gasteiger partial charge in [0, 0.05) is 25.4 Å². The molecule has 5 rings (SSSR count). The summed E-state index contributed by atoms with van der Waals surface area (Å²) in [6.45, 7) is 6.84. The molecule has 4 aliphatic heterocycles. The van der Waals surface area contributed by atoms with Crippen LogP contribution in [0.4, 0.5) is 5.69 Å². The molecule has 5 atom stereocenters. The molecule has 1 spiro atoms. The Hall–Kier alpha value is -2.97. The molecule has 4 heterocycles. The van der Waals surface area contributed by atoms with Gasteiger partial charge in [-0.3, -0.25) is 14.4 Å². The number of amides is 2. The number of esters is 1. The third-order valence-electron chi connectivity index (χ3n) is 8.52. The van der Waals surface area contributed by atoms with Gasteiger partial charge in [0.1, 0.15) is 17.6 Å². The van der Waals surface area contributed by atoms with Gasteiger partial charge < -0.3 is 24.4 Å². The fourth-order valence-corrected chi connectivity index (χ4v) is 6.88. The smallest absolute Gasteiger partial charge is 0.313 e. The summed E-state index contributed by atoms with van der Waals surface area (Å²) in [5.74, 6) is -2.65. The Morgan fingerprint density at radius 3 is 2.50 bits per heavy atom. The molecule has 0 aliphatic carbocycles. The molecule has 8 heteroatoms. The lowest BCUT2D eigenvalue weighted by molar-refractivity contribution is -0.158. The van der Waals surface area contributed by atoms with E-state index in [-0.39, 0.29) is 25.0 Å². The number of hydrogen-bond donors (Lipinski definition) is 1. The number of unbranched alkanes of at least 4 members (excludes halogenated alkanes) is 2. The zero-order valence-corrected chi connectivity index (χ0v) is 22.5. The van der Waals surface area contributed by atoms with E-state index in [1.54, 1.807) is 9.80 Å². The molecule has 1 unspecified atom stereocenters. The number of aliphatic hydroxyl groups is 1. The van der Waals surface area contributed by atoms with Crippen molar-refractivity contribution in [1.29, 1.82) is 0 Å². The standard InChI is InChI=1S/C30H38N2O6/c1-20-12-10-13-21(2)24(20)31-17-11-15-30-22(23-28(36)37-19-9-4-6-14-29(23,3)38-30)26(34)32(25(30)27(31)35)16-7-5-8-18-33/h6,10-15,22-23,25,33H,4-5,7-9,16-19H2,1-3H3/b14-6-/t22-,23+,25?,29-,30-/m0/s1. The molecule has 4 aliphatic rings. The number of allylic oxidation sites excluding steroid dienone is 1. The Morgan fingerprint density at radius 2 is 1.76 bits per heavy atom. The van der Waals surface area contributed by atoms with E-state index in [1.165, 1.54) is 0 Å². The molecule has 2 saturated heterocycles. The van der Waals surface area contributed by atoms with Crippen LogP contribution in [0.15, 0.2) is 42.5 Å². The molecule has 1 N–H and O–H groups in total. The number of aryl methyl sites for hydroxylation is 2. The lowest BCUT2D eigenvalue weighted by Gasteiger charge is -2.38. The highest BCUT2D eigenvalue weighted by Crippen LogP contribution is 2.57. The highest BCUT2D eigenvalue weighted by molar-refractivity contribution is 6.06. The molecule has 0 saturated carbocycles. The quantitative estimate of drug-likeness (QED) is 0.350. The number of carbonyl (C=O) groups excluding carboxylic acids is 3. The number of rotatable bonds is 6. The van der Waals surface area contributed by atoms with Crippen molar-refractivity contribution >= 4 is 23.5 Å². The number of hydrogen-bond acceptors (Lipinski definition) is 6. The van der Waals surface area contributed by atoms with Gasteiger partial charge in [0.2, 0.25) is 5.91 Å². The first-order chi connectivity index (χ1) is 18.2. The number of benzene rings is 1. The molecule has 1 aromatic carbocycles. The van der Waals surface area contributed by atoms with Crippen LogP contribution in [0.3, 0.4) is 0 Å². The van der Waals surface area contributed by atoms with Gasteiger partial charge in [0.25, 0.3) is 5.91 Å². The minimum absolute atomic E-state index is 0.0770. The maximum absolute atomic E-state index is 14.5. The summed E-state index contributed by atoms with van der Waals surface area (Å²) in [7, 11) is 0. The van der Waals surface area contributed by atoms with Crippen LogP contribution in [-0.2, 0) is 23.9 Å². The number of fused-ring (bicyclic) bond motifs is 2. The van der Waals surface area contributed by atoms with Gasteiger partial charge in [-0.05, 0) is 64.0 Å². The van der Waals surface area contributed by atoms with Crippen molar-refractivity contribution in [3.63, 3.8) is 0 Å². The Morgan fingerprint density at radius 1 is 1.00 bits per heavy atom. The van der Waals surface area contributed by atoms with Gasteiger partial charge in [0.15, 0.2) is 0 Å². The van der Waals surface area contributed by atoms with Crippen molar-refractivity contribution in [3.8, 4) is 0 Å². The van der Waals surface area contributed by atoms with Gasteiger partial charge in [-0.15, -0.1) is 0 Å². The number of ether oxygens (including phenoxy) is 2. The van der Waals surface area contributed by atoms with Crippen molar-refractivity contribution in [2.24, 2.45) is 11.8 Å². The summed E-state index contributed by atoms with van der Waals surface area (Å²) in [5, 5.41) is 9.25. The predicted octanol–water partition coefficient (Wildman–Crippen LogP) is 3.23. The molecule has 1 aromatic rings. The summed E-state index contributed by atoms with van der Waals surface area (Å²) in [4.78, 5) is 45.6. The van der Waals surface area contributed by atoms with E-state index in [1.807, 2.05) is 63.3 Å². The van der Waals surface area contributed by atoms with Gasteiger partial charge in [-0.1, -0.05) is 42.5 Å². The van der Waals surface area contributed by atoms with E-state index in [0.717, 1.165) is 29.7 Å². The van der Waals surface area contributed by atoms with Gasteiger partial charge >= 0.3 is 5.97 Å². The number of anilines is 1. The lowest BCUT2D eigenvalue weighted by atomic mass is 9.74. The van der Waals surface area contributed by atoms with Crippen LogP contribution >= 0.6 is 0 Å². The summed E-state index contributed by atoms with van der Waals surface area (Å²) in [6, 6.07) is 5.01. The summed E-state index contributed by atoms with van der Waals surface area (Å²) < 4.78 is 12.5. The zero-order valence-electron chi connectivity index (χ0n) is 22.5. The van der Waals surface area contributed by atoms with Crippen LogP contribution in [0.25, 0.3) is 0 Å². The zero-order chi connectivity index (χ0) is 27.1. The molecule has 8 nitrogen and oxygen atoms in total. The maximum atomic E-state index is 14.5. The Kier molecular flexibility index (Phi) is 7.22. The van der Waals surface area contributed by atoms with Crippen molar-refractivity contribution in [2.75, 3.05) is 31.2 Å². The van der Waals surface area contributed by atoms with Crippen LogP contribution < -0.4 is 4.90 Å². The summed E-state index contributed by atoms with van der Waals surface area (Å²) in [5.41, 5.74) is 0.407. The highest BCUT2D eigenvalue weighted by Gasteiger charge is 2.74.